The molecule has 0 spiro atoms. The van der Waals surface area contributed by atoms with Crippen molar-refractivity contribution < 1.29 is 48.5 Å². The first-order valence-electron chi connectivity index (χ1n) is 6.21. The van der Waals surface area contributed by atoms with Crippen LogP contribution in [0.3, 0.4) is 0 Å². The summed E-state index contributed by atoms with van der Waals surface area (Å²) >= 11 is 0. The van der Waals surface area contributed by atoms with Crippen LogP contribution in [0.15, 0.2) is 41.7 Å². The summed E-state index contributed by atoms with van der Waals surface area (Å²) in [6, 6.07) is 1.43. The number of rotatable bonds is 1. The molecule has 24 heavy (non-hydrogen) atoms. The molecule has 1 aromatic heterocycles. The number of hydrogen-bond donors (Lipinski definition) is 0. The van der Waals surface area contributed by atoms with Crippen LogP contribution in [0.4, 0.5) is 43.9 Å². The molecular formula is C13H5F10N. The molecule has 3 rings (SSSR count). The van der Waals surface area contributed by atoms with E-state index in [1.807, 2.05) is 0 Å². The highest BCUT2D eigenvalue weighted by molar-refractivity contribution is 5.58. The van der Waals surface area contributed by atoms with Crippen molar-refractivity contribution in [3.05, 3.63) is 47.8 Å². The summed E-state index contributed by atoms with van der Waals surface area (Å²) in [5.74, 6) is -27.8. The van der Waals surface area contributed by atoms with E-state index >= 15 is 0 Å². The normalized spacial score (nSPS) is 28.2. The molecule has 1 nitrogen and oxygen atoms in total. The molecule has 132 valence electrons. The summed E-state index contributed by atoms with van der Waals surface area (Å²) in [6.07, 6.45) is 1.43. The Labute approximate surface area is 127 Å². The Kier molecular flexibility index (Phi) is 2.94. The third-order valence-electron chi connectivity index (χ3n) is 3.88. The van der Waals surface area contributed by atoms with Gasteiger partial charge >= 0.3 is 29.6 Å². The zero-order valence-electron chi connectivity index (χ0n) is 11.1. The predicted octanol–water partition coefficient (Wildman–Crippen LogP) is 3.85. The van der Waals surface area contributed by atoms with Crippen LogP contribution < -0.4 is 4.57 Å². The molecule has 2 aliphatic rings. The van der Waals surface area contributed by atoms with Crippen LogP contribution >= 0.6 is 0 Å². The monoisotopic (exact) mass is 365 g/mol. The molecule has 0 radical (unpaired) electrons. The highest BCUT2D eigenvalue weighted by Crippen LogP contribution is 2.71. The van der Waals surface area contributed by atoms with Gasteiger partial charge in [0.05, 0.1) is 12.4 Å². The molecule has 2 saturated carbocycles. The molecule has 11 heteroatoms. The quantitative estimate of drug-likeness (QED) is 0.404. The third kappa shape index (κ3) is 1.53. The zero-order chi connectivity index (χ0) is 18.3. The number of aromatic nitrogens is 1. The average Bonchev–Trinajstić information content (AvgIpc) is 2.46. The Hall–Kier alpha value is -1.94. The van der Waals surface area contributed by atoms with Crippen molar-refractivity contribution in [2.24, 2.45) is 0 Å². The van der Waals surface area contributed by atoms with Crippen molar-refractivity contribution in [3.8, 4) is 0 Å². The fourth-order valence-corrected chi connectivity index (χ4v) is 2.62. The van der Waals surface area contributed by atoms with E-state index in [1.54, 1.807) is 0 Å². The van der Waals surface area contributed by atoms with Gasteiger partial charge in [-0.15, -0.1) is 0 Å². The van der Waals surface area contributed by atoms with Crippen LogP contribution in [0.25, 0.3) is 0 Å². The van der Waals surface area contributed by atoms with Gasteiger partial charge in [-0.05, 0) is 12.1 Å². The summed E-state index contributed by atoms with van der Waals surface area (Å²) in [6.45, 7) is 0. The van der Waals surface area contributed by atoms with Crippen LogP contribution in [-0.2, 0) is 0 Å². The number of halogens is 10. The Morgan fingerprint density at radius 3 is 1.58 bits per heavy atom. The van der Waals surface area contributed by atoms with Gasteiger partial charge in [0, 0.05) is 11.1 Å². The van der Waals surface area contributed by atoms with Gasteiger partial charge in [-0.25, -0.2) is 17.6 Å². The first-order valence-corrected chi connectivity index (χ1v) is 6.21. The number of hydrogen-bond acceptors (Lipinski definition) is 0. The Balaban J connectivity index is 2.26. The maximum atomic E-state index is 13.6. The summed E-state index contributed by atoms with van der Waals surface area (Å²) in [4.78, 5) is 0. The molecule has 1 heterocycles. The molecule has 0 saturated heterocycles. The number of nitrogens with zero attached hydrogens (tertiary/aromatic N) is 1. The lowest BCUT2D eigenvalue weighted by molar-refractivity contribution is -0.684. The molecule has 2 aliphatic carbocycles. The number of alkyl halides is 10. The maximum Gasteiger partial charge on any atom is 0.364 e. The second-order valence-electron chi connectivity index (χ2n) is 5.25. The first kappa shape index (κ1) is 16.9. The molecule has 0 aromatic carbocycles. The lowest BCUT2D eigenvalue weighted by Gasteiger charge is -2.55. The van der Waals surface area contributed by atoms with Gasteiger partial charge in [-0.3, -0.25) is 4.57 Å². The van der Waals surface area contributed by atoms with E-state index in [0.29, 0.717) is 12.4 Å². The predicted molar refractivity (Wildman–Crippen MR) is 57.0 cm³/mol. The molecule has 0 unspecified atom stereocenters. The molecule has 0 atom stereocenters. The summed E-state index contributed by atoms with van der Waals surface area (Å²) in [7, 11) is 0. The van der Waals surface area contributed by atoms with Crippen LogP contribution in [0.1, 0.15) is 0 Å². The molecule has 0 N–H and O–H groups in total. The Morgan fingerprint density at radius 2 is 1.12 bits per heavy atom. The summed E-state index contributed by atoms with van der Waals surface area (Å²) in [5.41, 5.74) is -5.45. The summed E-state index contributed by atoms with van der Waals surface area (Å²) < 4.78 is 134. The van der Waals surface area contributed by atoms with Crippen molar-refractivity contribution in [1.29, 1.82) is 0 Å². The van der Waals surface area contributed by atoms with E-state index in [2.05, 4.69) is 0 Å². The second kappa shape index (κ2) is 4.17. The van der Waals surface area contributed by atoms with Crippen LogP contribution in [0, 0.1) is 6.04 Å². The molecule has 1 aromatic rings. The van der Waals surface area contributed by atoms with Crippen molar-refractivity contribution in [1.82, 2.24) is 0 Å². The van der Waals surface area contributed by atoms with Crippen LogP contribution in [0.2, 0.25) is 0 Å². The van der Waals surface area contributed by atoms with Gasteiger partial charge in [0.2, 0.25) is 0 Å². The van der Waals surface area contributed by atoms with Gasteiger partial charge in [-0.1, -0.05) is 6.07 Å². The van der Waals surface area contributed by atoms with Crippen LogP contribution in [0.5, 0.6) is 0 Å². The van der Waals surface area contributed by atoms with Gasteiger partial charge in [-0.2, -0.15) is 26.3 Å². The minimum absolute atomic E-state index is 0.211. The lowest BCUT2D eigenvalue weighted by atomic mass is 9.65. The number of allylic oxidation sites excluding steroid dienone is 2. The van der Waals surface area contributed by atoms with E-state index in [4.69, 9.17) is 0 Å². The minimum Gasteiger partial charge on any atom is -0.286 e. The minimum atomic E-state index is -5.95. The smallest absolute Gasteiger partial charge is 0.286 e. The van der Waals surface area contributed by atoms with Crippen molar-refractivity contribution in [2.45, 2.75) is 29.6 Å². The lowest BCUT2D eigenvalue weighted by Crippen LogP contribution is -2.76. The molecule has 0 amide bonds. The Bertz CT molecular complexity index is 702. The van der Waals surface area contributed by atoms with E-state index in [9.17, 15) is 43.9 Å². The average molecular weight is 365 g/mol. The van der Waals surface area contributed by atoms with Crippen molar-refractivity contribution in [3.63, 3.8) is 0 Å². The van der Waals surface area contributed by atoms with Gasteiger partial charge in [0.25, 0.3) is 0 Å². The van der Waals surface area contributed by atoms with E-state index < -0.39 is 46.8 Å². The van der Waals surface area contributed by atoms with Crippen molar-refractivity contribution in [2.75, 3.05) is 0 Å². The zero-order valence-corrected chi connectivity index (χ0v) is 11.1. The topological polar surface area (TPSA) is 3.88 Å². The fourth-order valence-electron chi connectivity index (χ4n) is 2.62. The van der Waals surface area contributed by atoms with Crippen LogP contribution in [-0.4, -0.2) is 29.6 Å². The van der Waals surface area contributed by atoms with Gasteiger partial charge in [0.15, 0.2) is 6.04 Å². The third-order valence-corrected chi connectivity index (χ3v) is 3.88. The molecule has 0 bridgehead atoms. The molecule has 0 aliphatic heterocycles. The first-order chi connectivity index (χ1) is 10.7. The van der Waals surface area contributed by atoms with Gasteiger partial charge in [0.1, 0.15) is 0 Å². The Morgan fingerprint density at radius 1 is 0.667 bits per heavy atom. The number of pyridine rings is 1. The molecule has 2 fully saturated rings. The maximum absolute atomic E-state index is 13.6. The van der Waals surface area contributed by atoms with E-state index in [1.165, 1.54) is 6.07 Å². The van der Waals surface area contributed by atoms with Gasteiger partial charge < -0.3 is 0 Å². The van der Waals surface area contributed by atoms with E-state index in [0.717, 1.165) is 12.1 Å². The highest BCUT2D eigenvalue weighted by Gasteiger charge is 2.90. The summed E-state index contributed by atoms with van der Waals surface area (Å²) in [5, 5.41) is 0. The van der Waals surface area contributed by atoms with Crippen molar-refractivity contribution >= 4 is 0 Å². The standard InChI is InChI=1S/C13H5F10N/c14-9(15)6(7-10(16,17)13(22,23)11(7,18)19)8(12(9,20)21)24-4-2-1-3-5-24/h1-5H. The fraction of sp³-hybridized carbons (Fsp3) is 0.385. The largest absolute Gasteiger partial charge is 0.364 e. The molecular weight excluding hydrogens is 360 g/mol. The second-order valence-corrected chi connectivity index (χ2v) is 5.25. The SMILES string of the molecule is FC1(F)C(=C2C(F)(F)C(F)(F)C2(F)F)[C-]([n+]2ccccc2)C1(F)F. The highest BCUT2D eigenvalue weighted by atomic mass is 19.4. The van der Waals surface area contributed by atoms with E-state index in [-0.39, 0.29) is 4.57 Å².